The van der Waals surface area contributed by atoms with E-state index in [0.717, 1.165) is 24.8 Å². The Bertz CT molecular complexity index is 446. The summed E-state index contributed by atoms with van der Waals surface area (Å²) in [5.74, 6) is 0.461. The van der Waals surface area contributed by atoms with E-state index < -0.39 is 0 Å². The standard InChI is InChI=1S/C16H23FN2O/c1-11(12-5-7-14(17)8-6-12)10-19-16(20)15-4-2-3-13(15)9-18/h5-8,11,13,15H,2-4,9-10,18H2,1H3,(H,19,20)/t11?,13-,15-/m1/s1. The Morgan fingerprint density at radius 3 is 2.75 bits per heavy atom. The number of carbonyl (C=O) groups excluding carboxylic acids is 1. The largest absolute Gasteiger partial charge is 0.355 e. The summed E-state index contributed by atoms with van der Waals surface area (Å²) in [7, 11) is 0. The van der Waals surface area contributed by atoms with Gasteiger partial charge in [0.05, 0.1) is 0 Å². The Kier molecular flexibility index (Phi) is 5.12. The van der Waals surface area contributed by atoms with Crippen LogP contribution in [-0.4, -0.2) is 19.0 Å². The highest BCUT2D eigenvalue weighted by Crippen LogP contribution is 2.31. The van der Waals surface area contributed by atoms with E-state index in [1.807, 2.05) is 6.92 Å². The molecule has 0 spiro atoms. The van der Waals surface area contributed by atoms with Crippen molar-refractivity contribution in [1.29, 1.82) is 0 Å². The van der Waals surface area contributed by atoms with Gasteiger partial charge in [-0.1, -0.05) is 25.5 Å². The predicted molar refractivity (Wildman–Crippen MR) is 77.7 cm³/mol. The van der Waals surface area contributed by atoms with Crippen molar-refractivity contribution in [3.8, 4) is 0 Å². The molecule has 3 nitrogen and oxygen atoms in total. The molecule has 3 N–H and O–H groups in total. The van der Waals surface area contributed by atoms with E-state index in [0.29, 0.717) is 19.0 Å². The van der Waals surface area contributed by atoms with Gasteiger partial charge in [-0.05, 0) is 48.9 Å². The van der Waals surface area contributed by atoms with E-state index in [-0.39, 0.29) is 23.6 Å². The van der Waals surface area contributed by atoms with Crippen LogP contribution < -0.4 is 11.1 Å². The third kappa shape index (κ3) is 3.57. The molecule has 1 amide bonds. The van der Waals surface area contributed by atoms with Gasteiger partial charge in [0.15, 0.2) is 0 Å². The number of halogens is 1. The van der Waals surface area contributed by atoms with Crippen LogP contribution in [0.1, 0.15) is 37.7 Å². The molecular formula is C16H23FN2O. The maximum Gasteiger partial charge on any atom is 0.223 e. The lowest BCUT2D eigenvalue weighted by Crippen LogP contribution is -2.36. The van der Waals surface area contributed by atoms with Crippen molar-refractivity contribution < 1.29 is 9.18 Å². The Morgan fingerprint density at radius 2 is 2.10 bits per heavy atom. The average Bonchev–Trinajstić information content (AvgIpc) is 2.93. The summed E-state index contributed by atoms with van der Waals surface area (Å²) in [6.07, 6.45) is 3.09. The number of hydrogen-bond donors (Lipinski definition) is 2. The molecule has 3 atom stereocenters. The summed E-state index contributed by atoms with van der Waals surface area (Å²) in [6, 6.07) is 6.44. The first-order chi connectivity index (χ1) is 9.61. The number of rotatable bonds is 5. The summed E-state index contributed by atoms with van der Waals surface area (Å²) in [6.45, 7) is 3.20. The minimum atomic E-state index is -0.235. The average molecular weight is 278 g/mol. The van der Waals surface area contributed by atoms with Crippen molar-refractivity contribution in [3.05, 3.63) is 35.6 Å². The van der Waals surface area contributed by atoms with Crippen LogP contribution >= 0.6 is 0 Å². The zero-order chi connectivity index (χ0) is 14.5. The molecule has 1 unspecified atom stereocenters. The topological polar surface area (TPSA) is 55.1 Å². The van der Waals surface area contributed by atoms with Crippen LogP contribution in [0.3, 0.4) is 0 Å². The first-order valence-electron chi connectivity index (χ1n) is 7.35. The predicted octanol–water partition coefficient (Wildman–Crippen LogP) is 2.42. The maximum atomic E-state index is 12.9. The molecule has 1 aliphatic carbocycles. The van der Waals surface area contributed by atoms with Gasteiger partial charge in [-0.15, -0.1) is 0 Å². The van der Waals surface area contributed by atoms with E-state index in [1.165, 1.54) is 12.1 Å². The Morgan fingerprint density at radius 1 is 1.40 bits per heavy atom. The molecule has 20 heavy (non-hydrogen) atoms. The van der Waals surface area contributed by atoms with Crippen molar-refractivity contribution in [3.63, 3.8) is 0 Å². The minimum absolute atomic E-state index is 0.0698. The molecule has 0 bridgehead atoms. The van der Waals surface area contributed by atoms with Gasteiger partial charge in [0.25, 0.3) is 0 Å². The molecular weight excluding hydrogens is 255 g/mol. The first-order valence-corrected chi connectivity index (χ1v) is 7.35. The van der Waals surface area contributed by atoms with Gasteiger partial charge < -0.3 is 11.1 Å². The lowest BCUT2D eigenvalue weighted by atomic mass is 9.94. The highest BCUT2D eigenvalue weighted by molar-refractivity contribution is 5.79. The lowest BCUT2D eigenvalue weighted by Gasteiger charge is -2.19. The van der Waals surface area contributed by atoms with E-state index in [1.54, 1.807) is 12.1 Å². The van der Waals surface area contributed by atoms with Crippen molar-refractivity contribution in [2.45, 2.75) is 32.1 Å². The summed E-state index contributed by atoms with van der Waals surface area (Å²) in [5.41, 5.74) is 6.74. The number of amides is 1. The molecule has 1 saturated carbocycles. The molecule has 1 aromatic rings. The van der Waals surface area contributed by atoms with Crippen molar-refractivity contribution in [2.75, 3.05) is 13.1 Å². The minimum Gasteiger partial charge on any atom is -0.355 e. The van der Waals surface area contributed by atoms with Crippen molar-refractivity contribution in [1.82, 2.24) is 5.32 Å². The molecule has 2 rings (SSSR count). The van der Waals surface area contributed by atoms with E-state index in [4.69, 9.17) is 5.73 Å². The zero-order valence-electron chi connectivity index (χ0n) is 11.9. The van der Waals surface area contributed by atoms with Crippen LogP contribution in [0, 0.1) is 17.7 Å². The zero-order valence-corrected chi connectivity index (χ0v) is 11.9. The molecule has 0 heterocycles. The molecule has 110 valence electrons. The molecule has 0 aliphatic heterocycles. The van der Waals surface area contributed by atoms with Crippen LogP contribution in [0.25, 0.3) is 0 Å². The van der Waals surface area contributed by atoms with E-state index in [2.05, 4.69) is 5.32 Å². The maximum absolute atomic E-state index is 12.9. The third-order valence-electron chi connectivity index (χ3n) is 4.32. The molecule has 1 aliphatic rings. The quantitative estimate of drug-likeness (QED) is 0.869. The lowest BCUT2D eigenvalue weighted by molar-refractivity contribution is -0.126. The van der Waals surface area contributed by atoms with Gasteiger partial charge in [0.1, 0.15) is 5.82 Å². The molecule has 0 radical (unpaired) electrons. The summed E-state index contributed by atoms with van der Waals surface area (Å²) in [4.78, 5) is 12.2. The number of hydrogen-bond acceptors (Lipinski definition) is 2. The van der Waals surface area contributed by atoms with Crippen molar-refractivity contribution in [2.24, 2.45) is 17.6 Å². The highest BCUT2D eigenvalue weighted by atomic mass is 19.1. The second kappa shape index (κ2) is 6.84. The van der Waals surface area contributed by atoms with E-state index in [9.17, 15) is 9.18 Å². The fourth-order valence-electron chi connectivity index (χ4n) is 2.96. The van der Waals surface area contributed by atoms with Gasteiger partial charge >= 0.3 is 0 Å². The first kappa shape index (κ1) is 15.0. The molecule has 0 aromatic heterocycles. The summed E-state index contributed by atoms with van der Waals surface area (Å²) >= 11 is 0. The Labute approximate surface area is 119 Å². The smallest absolute Gasteiger partial charge is 0.223 e. The normalized spacial score (nSPS) is 23.6. The monoisotopic (exact) mass is 278 g/mol. The SMILES string of the molecule is CC(CNC(=O)[C@@H]1CCC[C@@H]1CN)c1ccc(F)cc1. The molecule has 4 heteroatoms. The van der Waals surface area contributed by atoms with Crippen LogP contribution in [-0.2, 0) is 4.79 Å². The fourth-order valence-corrected chi connectivity index (χ4v) is 2.96. The van der Waals surface area contributed by atoms with Gasteiger partial charge in [0, 0.05) is 12.5 Å². The number of nitrogens with two attached hydrogens (primary N) is 1. The van der Waals surface area contributed by atoms with Gasteiger partial charge in [-0.3, -0.25) is 4.79 Å². The van der Waals surface area contributed by atoms with Gasteiger partial charge in [-0.25, -0.2) is 4.39 Å². The fraction of sp³-hybridized carbons (Fsp3) is 0.562. The van der Waals surface area contributed by atoms with Gasteiger partial charge in [-0.2, -0.15) is 0 Å². The second-order valence-corrected chi connectivity index (χ2v) is 5.73. The summed E-state index contributed by atoms with van der Waals surface area (Å²) < 4.78 is 12.9. The second-order valence-electron chi connectivity index (χ2n) is 5.73. The molecule has 1 aromatic carbocycles. The Balaban J connectivity index is 1.85. The van der Waals surface area contributed by atoms with E-state index >= 15 is 0 Å². The molecule has 1 fully saturated rings. The number of nitrogens with one attached hydrogen (secondary N) is 1. The van der Waals surface area contributed by atoms with Crippen LogP contribution in [0.15, 0.2) is 24.3 Å². The van der Waals surface area contributed by atoms with Crippen molar-refractivity contribution >= 4 is 5.91 Å². The molecule has 0 saturated heterocycles. The van der Waals surface area contributed by atoms with Crippen LogP contribution in [0.2, 0.25) is 0 Å². The third-order valence-corrected chi connectivity index (χ3v) is 4.32. The summed E-state index contributed by atoms with van der Waals surface area (Å²) in [5, 5.41) is 3.01. The van der Waals surface area contributed by atoms with Gasteiger partial charge in [0.2, 0.25) is 5.91 Å². The highest BCUT2D eigenvalue weighted by Gasteiger charge is 2.31. The van der Waals surface area contributed by atoms with Crippen LogP contribution in [0.5, 0.6) is 0 Å². The Hall–Kier alpha value is -1.42. The van der Waals surface area contributed by atoms with Crippen LogP contribution in [0.4, 0.5) is 4.39 Å². The number of carbonyl (C=O) groups is 1. The number of benzene rings is 1.